The summed E-state index contributed by atoms with van der Waals surface area (Å²) in [6.45, 7) is 0.540. The van der Waals surface area contributed by atoms with Crippen molar-refractivity contribution in [2.45, 2.75) is 12.5 Å². The topological polar surface area (TPSA) is 81.9 Å². The maximum atomic E-state index is 12.6. The van der Waals surface area contributed by atoms with E-state index < -0.39 is 6.10 Å². The molecule has 1 N–H and O–H groups in total. The normalized spacial score (nSPS) is 16.4. The van der Waals surface area contributed by atoms with Crippen LogP contribution in [0.1, 0.15) is 17.2 Å². The largest absolute Gasteiger partial charge is 0.363 e. The quantitative estimate of drug-likeness (QED) is 0.797. The average molecular weight is 321 g/mol. The second kappa shape index (κ2) is 6.21. The lowest BCUT2D eigenvalue weighted by Crippen LogP contribution is -2.28. The molecule has 24 heavy (non-hydrogen) atoms. The van der Waals surface area contributed by atoms with Gasteiger partial charge in [-0.15, -0.1) is 0 Å². The van der Waals surface area contributed by atoms with Crippen LogP contribution in [0.4, 0.5) is 5.69 Å². The van der Waals surface area contributed by atoms with E-state index in [2.05, 4.69) is 20.4 Å². The Morgan fingerprint density at radius 3 is 2.96 bits per heavy atom. The second-order valence-corrected chi connectivity index (χ2v) is 5.43. The fraction of sp³-hybridized carbons (Fsp3) is 0.176. The number of rotatable bonds is 3. The number of carbonyl (C=O) groups excluding carboxylic acids is 1. The third-order valence-corrected chi connectivity index (χ3v) is 3.90. The summed E-state index contributed by atoms with van der Waals surface area (Å²) in [7, 11) is 0. The molecule has 120 valence electrons. The number of anilines is 1. The van der Waals surface area contributed by atoms with Gasteiger partial charge in [-0.3, -0.25) is 4.79 Å². The summed E-state index contributed by atoms with van der Waals surface area (Å²) in [6, 6.07) is 11.4. The zero-order chi connectivity index (χ0) is 16.4. The molecule has 3 heterocycles. The Morgan fingerprint density at radius 1 is 1.25 bits per heavy atom. The van der Waals surface area contributed by atoms with Crippen molar-refractivity contribution in [3.8, 4) is 5.82 Å². The highest BCUT2D eigenvalue weighted by Crippen LogP contribution is 2.28. The number of aromatic nitrogens is 4. The lowest BCUT2D eigenvalue weighted by atomic mass is 9.97. The number of hydrogen-bond donors (Lipinski definition) is 1. The number of amides is 1. The molecule has 1 unspecified atom stereocenters. The first kappa shape index (κ1) is 14.5. The smallest absolute Gasteiger partial charge is 0.258 e. The number of hydrogen-bond acceptors (Lipinski definition) is 5. The summed E-state index contributed by atoms with van der Waals surface area (Å²) >= 11 is 0. The van der Waals surface area contributed by atoms with E-state index in [-0.39, 0.29) is 5.91 Å². The van der Waals surface area contributed by atoms with Crippen LogP contribution in [-0.2, 0) is 16.0 Å². The van der Waals surface area contributed by atoms with E-state index in [0.29, 0.717) is 18.1 Å². The molecular weight excluding hydrogens is 306 g/mol. The van der Waals surface area contributed by atoms with Crippen molar-refractivity contribution in [2.75, 3.05) is 11.9 Å². The van der Waals surface area contributed by atoms with E-state index in [1.807, 2.05) is 24.3 Å². The van der Waals surface area contributed by atoms with E-state index in [1.54, 1.807) is 29.3 Å². The molecule has 7 heteroatoms. The second-order valence-electron chi connectivity index (χ2n) is 5.43. The van der Waals surface area contributed by atoms with Gasteiger partial charge in [0.25, 0.3) is 5.91 Å². The molecule has 1 aliphatic rings. The van der Waals surface area contributed by atoms with Crippen molar-refractivity contribution >= 4 is 11.6 Å². The number of nitrogens with one attached hydrogen (secondary N) is 1. The zero-order valence-electron chi connectivity index (χ0n) is 12.8. The van der Waals surface area contributed by atoms with Gasteiger partial charge in [0.2, 0.25) is 0 Å². The molecule has 4 rings (SSSR count). The number of benzene rings is 1. The van der Waals surface area contributed by atoms with Gasteiger partial charge in [0.15, 0.2) is 11.9 Å². The molecule has 1 aromatic carbocycles. The Morgan fingerprint density at radius 2 is 2.17 bits per heavy atom. The number of pyridine rings is 1. The lowest BCUT2D eigenvalue weighted by molar-refractivity contribution is -0.128. The SMILES string of the molecule is O=C(Nc1ccc(-n2cncn2)nc1)C1OCCc2ccccc21. The van der Waals surface area contributed by atoms with Gasteiger partial charge in [-0.1, -0.05) is 24.3 Å². The summed E-state index contributed by atoms with van der Waals surface area (Å²) in [5.74, 6) is 0.433. The van der Waals surface area contributed by atoms with Gasteiger partial charge in [-0.2, -0.15) is 5.10 Å². The highest BCUT2D eigenvalue weighted by molar-refractivity contribution is 5.95. The fourth-order valence-corrected chi connectivity index (χ4v) is 2.74. The molecule has 0 saturated heterocycles. The number of ether oxygens (including phenoxy) is 1. The van der Waals surface area contributed by atoms with E-state index in [9.17, 15) is 4.79 Å². The van der Waals surface area contributed by atoms with Crippen molar-refractivity contribution in [2.24, 2.45) is 0 Å². The van der Waals surface area contributed by atoms with Crippen molar-refractivity contribution in [1.29, 1.82) is 0 Å². The number of fused-ring (bicyclic) bond motifs is 1. The van der Waals surface area contributed by atoms with Gasteiger partial charge in [0, 0.05) is 0 Å². The van der Waals surface area contributed by atoms with Gasteiger partial charge >= 0.3 is 0 Å². The minimum absolute atomic E-state index is 0.197. The maximum Gasteiger partial charge on any atom is 0.258 e. The molecule has 1 atom stereocenters. The van der Waals surface area contributed by atoms with Gasteiger partial charge < -0.3 is 10.1 Å². The molecule has 0 fully saturated rings. The molecule has 3 aromatic rings. The standard InChI is InChI=1S/C17H15N5O2/c23-17(16-14-4-2-1-3-12(14)7-8-24-16)21-13-5-6-15(19-9-13)22-11-18-10-20-22/h1-6,9-11,16H,7-8H2,(H,21,23). The Hall–Kier alpha value is -3.06. The summed E-state index contributed by atoms with van der Waals surface area (Å²) in [4.78, 5) is 20.7. The van der Waals surface area contributed by atoms with Crippen LogP contribution in [-0.4, -0.2) is 32.3 Å². The first-order chi connectivity index (χ1) is 11.8. The minimum atomic E-state index is -0.593. The summed E-state index contributed by atoms with van der Waals surface area (Å²) in [5.41, 5.74) is 2.69. The Balaban J connectivity index is 1.51. The number of nitrogens with zero attached hydrogens (tertiary/aromatic N) is 4. The van der Waals surface area contributed by atoms with Crippen molar-refractivity contribution < 1.29 is 9.53 Å². The highest BCUT2D eigenvalue weighted by atomic mass is 16.5. The molecule has 0 saturated carbocycles. The van der Waals surface area contributed by atoms with Crippen LogP contribution in [0.25, 0.3) is 5.82 Å². The molecule has 0 bridgehead atoms. The molecule has 0 spiro atoms. The van der Waals surface area contributed by atoms with Crippen LogP contribution in [0.3, 0.4) is 0 Å². The van der Waals surface area contributed by atoms with Gasteiger partial charge in [0.1, 0.15) is 12.7 Å². The molecule has 1 aliphatic heterocycles. The van der Waals surface area contributed by atoms with E-state index in [4.69, 9.17) is 4.74 Å². The van der Waals surface area contributed by atoms with Crippen molar-refractivity contribution in [3.05, 3.63) is 66.4 Å². The third-order valence-electron chi connectivity index (χ3n) is 3.90. The Bertz CT molecular complexity index is 846. The van der Waals surface area contributed by atoms with Crippen LogP contribution in [0, 0.1) is 0 Å². The summed E-state index contributed by atoms with van der Waals surface area (Å²) in [6.07, 6.45) is 4.82. The highest BCUT2D eigenvalue weighted by Gasteiger charge is 2.27. The summed E-state index contributed by atoms with van der Waals surface area (Å²) < 4.78 is 7.21. The lowest BCUT2D eigenvalue weighted by Gasteiger charge is -2.25. The number of carbonyl (C=O) groups is 1. The molecule has 0 radical (unpaired) electrons. The molecule has 0 aliphatic carbocycles. The first-order valence-electron chi connectivity index (χ1n) is 7.62. The van der Waals surface area contributed by atoms with E-state index in [1.165, 1.54) is 6.33 Å². The maximum absolute atomic E-state index is 12.6. The van der Waals surface area contributed by atoms with Gasteiger partial charge in [-0.05, 0) is 29.7 Å². The molecular formula is C17H15N5O2. The molecule has 7 nitrogen and oxygen atoms in total. The third kappa shape index (κ3) is 2.77. The van der Waals surface area contributed by atoms with Crippen LogP contribution < -0.4 is 5.32 Å². The van der Waals surface area contributed by atoms with Crippen LogP contribution in [0.15, 0.2) is 55.2 Å². The van der Waals surface area contributed by atoms with E-state index >= 15 is 0 Å². The fourth-order valence-electron chi connectivity index (χ4n) is 2.74. The monoisotopic (exact) mass is 321 g/mol. The zero-order valence-corrected chi connectivity index (χ0v) is 12.8. The predicted octanol–water partition coefficient (Wildman–Crippen LogP) is 1.91. The first-order valence-corrected chi connectivity index (χ1v) is 7.62. The predicted molar refractivity (Wildman–Crippen MR) is 86.6 cm³/mol. The van der Waals surface area contributed by atoms with Crippen LogP contribution in [0.5, 0.6) is 0 Å². The van der Waals surface area contributed by atoms with Gasteiger partial charge in [0.05, 0.1) is 18.5 Å². The van der Waals surface area contributed by atoms with Crippen molar-refractivity contribution in [1.82, 2.24) is 19.7 Å². The minimum Gasteiger partial charge on any atom is -0.363 e. The van der Waals surface area contributed by atoms with Crippen LogP contribution >= 0.6 is 0 Å². The van der Waals surface area contributed by atoms with Crippen molar-refractivity contribution in [3.63, 3.8) is 0 Å². The van der Waals surface area contributed by atoms with E-state index in [0.717, 1.165) is 17.5 Å². The average Bonchev–Trinajstić information content (AvgIpc) is 3.16. The molecule has 2 aromatic heterocycles. The Labute approximate surface area is 138 Å². The molecule has 1 amide bonds. The summed E-state index contributed by atoms with van der Waals surface area (Å²) in [5, 5.41) is 6.86. The van der Waals surface area contributed by atoms with Gasteiger partial charge in [-0.25, -0.2) is 14.6 Å². The Kier molecular flexibility index (Phi) is 3.76. The van der Waals surface area contributed by atoms with Crippen LogP contribution in [0.2, 0.25) is 0 Å².